The summed E-state index contributed by atoms with van der Waals surface area (Å²) in [5.41, 5.74) is 3.75. The van der Waals surface area contributed by atoms with E-state index in [0.717, 1.165) is 24.8 Å². The zero-order valence-corrected chi connectivity index (χ0v) is 12.9. The number of nitrogens with zero attached hydrogens (tertiary/aromatic N) is 2. The average Bonchev–Trinajstić information content (AvgIpc) is 2.64. The molecule has 108 valence electrons. The van der Waals surface area contributed by atoms with Crippen molar-refractivity contribution in [2.24, 2.45) is 13.0 Å². The summed E-state index contributed by atoms with van der Waals surface area (Å²) in [7, 11) is 2.01. The maximum absolute atomic E-state index is 5.44. The van der Waals surface area contributed by atoms with Crippen LogP contribution in [0.1, 0.15) is 49.7 Å². The Kier molecular flexibility index (Phi) is 4.63. The van der Waals surface area contributed by atoms with Crippen LogP contribution in [0, 0.1) is 19.8 Å². The third-order valence-corrected chi connectivity index (χ3v) is 4.48. The van der Waals surface area contributed by atoms with E-state index in [1.807, 2.05) is 11.7 Å². The Morgan fingerprint density at radius 2 is 1.89 bits per heavy atom. The predicted octanol–water partition coefficient (Wildman–Crippen LogP) is 2.50. The summed E-state index contributed by atoms with van der Waals surface area (Å²) in [5, 5.41) is 8.26. The molecule has 1 aliphatic rings. The second-order valence-corrected chi connectivity index (χ2v) is 5.83. The molecule has 1 saturated heterocycles. The van der Waals surface area contributed by atoms with Gasteiger partial charge in [0.15, 0.2) is 0 Å². The van der Waals surface area contributed by atoms with Gasteiger partial charge in [0.1, 0.15) is 0 Å². The van der Waals surface area contributed by atoms with Crippen molar-refractivity contribution in [3.63, 3.8) is 0 Å². The van der Waals surface area contributed by atoms with Gasteiger partial charge in [-0.05, 0) is 46.5 Å². The molecule has 2 unspecified atom stereocenters. The van der Waals surface area contributed by atoms with E-state index in [0.29, 0.717) is 12.1 Å². The van der Waals surface area contributed by atoms with Crippen molar-refractivity contribution in [1.82, 2.24) is 15.1 Å². The summed E-state index contributed by atoms with van der Waals surface area (Å²) in [6.07, 6.45) is 2.35. The highest BCUT2D eigenvalue weighted by atomic mass is 16.5. The van der Waals surface area contributed by atoms with Gasteiger partial charge < -0.3 is 10.1 Å². The summed E-state index contributed by atoms with van der Waals surface area (Å²) in [6, 6.07) is 0.879. The zero-order valence-electron chi connectivity index (χ0n) is 12.9. The third-order valence-electron chi connectivity index (χ3n) is 4.48. The topological polar surface area (TPSA) is 39.1 Å². The third kappa shape index (κ3) is 3.18. The Hall–Kier alpha value is -0.870. The van der Waals surface area contributed by atoms with E-state index < -0.39 is 0 Å². The molecule has 1 N–H and O–H groups in total. The smallest absolute Gasteiger partial charge is 0.0644 e. The van der Waals surface area contributed by atoms with Crippen LogP contribution in [0.3, 0.4) is 0 Å². The molecule has 1 aromatic heterocycles. The lowest BCUT2D eigenvalue weighted by Crippen LogP contribution is -2.38. The molecular formula is C15H27N3O. The highest BCUT2D eigenvalue weighted by Crippen LogP contribution is 2.24. The minimum absolute atomic E-state index is 0.353. The normalized spacial score (nSPS) is 20.5. The molecule has 2 atom stereocenters. The molecule has 1 aromatic rings. The van der Waals surface area contributed by atoms with Gasteiger partial charge in [-0.3, -0.25) is 4.68 Å². The molecular weight excluding hydrogens is 238 g/mol. The second-order valence-electron chi connectivity index (χ2n) is 5.83. The molecule has 0 spiro atoms. The van der Waals surface area contributed by atoms with Crippen LogP contribution in [0.15, 0.2) is 0 Å². The number of nitrogens with one attached hydrogen (secondary N) is 1. The first-order chi connectivity index (χ1) is 9.00. The summed E-state index contributed by atoms with van der Waals surface area (Å²) < 4.78 is 7.41. The molecule has 0 bridgehead atoms. The van der Waals surface area contributed by atoms with Gasteiger partial charge in [0, 0.05) is 43.6 Å². The van der Waals surface area contributed by atoms with Crippen LogP contribution in [0.5, 0.6) is 0 Å². The van der Waals surface area contributed by atoms with Gasteiger partial charge in [0.25, 0.3) is 0 Å². The molecule has 19 heavy (non-hydrogen) atoms. The monoisotopic (exact) mass is 265 g/mol. The maximum atomic E-state index is 5.44. The highest BCUT2D eigenvalue weighted by Gasteiger charge is 2.24. The van der Waals surface area contributed by atoms with Crippen molar-refractivity contribution in [1.29, 1.82) is 0 Å². The molecule has 2 rings (SSSR count). The van der Waals surface area contributed by atoms with E-state index in [9.17, 15) is 0 Å². The number of aryl methyl sites for hydroxylation is 2. The highest BCUT2D eigenvalue weighted by molar-refractivity contribution is 5.27. The maximum Gasteiger partial charge on any atom is 0.0644 e. The molecule has 4 heteroatoms. The molecule has 0 amide bonds. The molecule has 0 aromatic carbocycles. The predicted molar refractivity (Wildman–Crippen MR) is 77.2 cm³/mol. The van der Waals surface area contributed by atoms with E-state index in [2.05, 4.69) is 38.1 Å². The van der Waals surface area contributed by atoms with Crippen LogP contribution in [0.25, 0.3) is 0 Å². The average molecular weight is 265 g/mol. The van der Waals surface area contributed by atoms with Gasteiger partial charge in [0.05, 0.1) is 5.69 Å². The number of hydrogen-bond donors (Lipinski definition) is 1. The first kappa shape index (κ1) is 14.5. The Labute approximate surface area is 116 Å². The van der Waals surface area contributed by atoms with Gasteiger partial charge in [0.2, 0.25) is 0 Å². The van der Waals surface area contributed by atoms with E-state index >= 15 is 0 Å². The lowest BCUT2D eigenvalue weighted by Gasteiger charge is -2.31. The van der Waals surface area contributed by atoms with Crippen LogP contribution >= 0.6 is 0 Å². The molecule has 0 saturated carbocycles. The molecule has 1 fully saturated rings. The Morgan fingerprint density at radius 3 is 2.42 bits per heavy atom. The Bertz CT molecular complexity index is 421. The van der Waals surface area contributed by atoms with Crippen molar-refractivity contribution in [3.05, 3.63) is 17.0 Å². The Morgan fingerprint density at radius 1 is 1.26 bits per heavy atom. The standard InChI is InChI=1S/C15H27N3O/c1-10(14-6-8-19-9-7-14)16-11(2)15-12(3)17-18(5)13(15)4/h10-11,14,16H,6-9H2,1-5H3. The molecule has 1 aliphatic heterocycles. The lowest BCUT2D eigenvalue weighted by molar-refractivity contribution is 0.0546. The number of aromatic nitrogens is 2. The van der Waals surface area contributed by atoms with E-state index in [-0.39, 0.29) is 0 Å². The van der Waals surface area contributed by atoms with E-state index in [1.54, 1.807) is 0 Å². The van der Waals surface area contributed by atoms with Gasteiger partial charge in [-0.25, -0.2) is 0 Å². The summed E-state index contributed by atoms with van der Waals surface area (Å²) in [4.78, 5) is 0. The largest absolute Gasteiger partial charge is 0.381 e. The van der Waals surface area contributed by atoms with Crippen LogP contribution < -0.4 is 5.32 Å². The van der Waals surface area contributed by atoms with E-state index in [4.69, 9.17) is 4.74 Å². The van der Waals surface area contributed by atoms with Crippen molar-refractivity contribution < 1.29 is 4.74 Å². The number of hydrogen-bond acceptors (Lipinski definition) is 3. The van der Waals surface area contributed by atoms with Crippen LogP contribution in [-0.2, 0) is 11.8 Å². The molecule has 0 aliphatic carbocycles. The summed E-state index contributed by atoms with van der Waals surface area (Å²) in [6.45, 7) is 10.6. The quantitative estimate of drug-likeness (QED) is 0.909. The molecule has 0 radical (unpaired) electrons. The fourth-order valence-corrected chi connectivity index (χ4v) is 3.25. The molecule has 2 heterocycles. The van der Waals surface area contributed by atoms with Crippen LogP contribution in [0.4, 0.5) is 0 Å². The van der Waals surface area contributed by atoms with Crippen LogP contribution in [0.2, 0.25) is 0 Å². The van der Waals surface area contributed by atoms with Crippen LogP contribution in [-0.4, -0.2) is 29.0 Å². The van der Waals surface area contributed by atoms with Crippen molar-refractivity contribution in [2.45, 2.75) is 52.6 Å². The van der Waals surface area contributed by atoms with Crippen molar-refractivity contribution in [3.8, 4) is 0 Å². The Balaban J connectivity index is 2.01. The minimum atomic E-state index is 0.353. The molecule has 4 nitrogen and oxygen atoms in total. The van der Waals surface area contributed by atoms with Crippen molar-refractivity contribution in [2.75, 3.05) is 13.2 Å². The summed E-state index contributed by atoms with van der Waals surface area (Å²) >= 11 is 0. The summed E-state index contributed by atoms with van der Waals surface area (Å²) in [5.74, 6) is 0.730. The van der Waals surface area contributed by atoms with E-state index in [1.165, 1.54) is 24.1 Å². The minimum Gasteiger partial charge on any atom is -0.381 e. The number of ether oxygens (including phenoxy) is 1. The van der Waals surface area contributed by atoms with Crippen molar-refractivity contribution >= 4 is 0 Å². The van der Waals surface area contributed by atoms with Gasteiger partial charge in [-0.1, -0.05) is 0 Å². The first-order valence-electron chi connectivity index (χ1n) is 7.34. The lowest BCUT2D eigenvalue weighted by atomic mass is 9.92. The fourth-order valence-electron chi connectivity index (χ4n) is 3.25. The number of rotatable bonds is 4. The SMILES string of the molecule is Cc1nn(C)c(C)c1C(C)NC(C)C1CCOCC1. The van der Waals surface area contributed by atoms with Gasteiger partial charge >= 0.3 is 0 Å². The van der Waals surface area contributed by atoms with Gasteiger partial charge in [-0.2, -0.15) is 5.10 Å². The first-order valence-corrected chi connectivity index (χ1v) is 7.34. The fraction of sp³-hybridized carbons (Fsp3) is 0.800. The zero-order chi connectivity index (χ0) is 14.0. The van der Waals surface area contributed by atoms with Gasteiger partial charge in [-0.15, -0.1) is 0 Å². The second kappa shape index (κ2) is 6.06.